The molecule has 0 unspecified atom stereocenters. The summed E-state index contributed by atoms with van der Waals surface area (Å²) in [5, 5.41) is 20.0. The summed E-state index contributed by atoms with van der Waals surface area (Å²) >= 11 is -2.51. The van der Waals surface area contributed by atoms with E-state index in [4.69, 9.17) is 4.47 Å². The van der Waals surface area contributed by atoms with Gasteiger partial charge in [-0.25, -0.2) is 0 Å². The molecule has 0 aliphatic heterocycles. The normalized spacial score (nSPS) is 9.88. The zero-order valence-corrected chi connectivity index (χ0v) is 14.3. The first kappa shape index (κ1) is 21.4. The number of carbonyl (C=O) groups excluding carboxylic acids is 2. The summed E-state index contributed by atoms with van der Waals surface area (Å²) in [5.74, 6) is -0.750. The number of ketones is 2. The summed E-state index contributed by atoms with van der Waals surface area (Å²) < 4.78 is 17.2. The standard InChI is InChI=1S/2C5H8O2.2O.U/c2*1-4(6)3-5(2)7;;;/h2*3,6H,1-2H3;;;/q;;;;+2/p-2/b2*4-3-;;;. The number of allylic oxidation sites excluding steroid dienone is 4. The van der Waals surface area contributed by atoms with Crippen molar-refractivity contribution in [3.8, 4) is 0 Å². The molecule has 0 aliphatic carbocycles. The summed E-state index contributed by atoms with van der Waals surface area (Å²) in [7, 11) is 0. The summed E-state index contributed by atoms with van der Waals surface area (Å²) in [4.78, 5) is 20.0. The molecule has 0 bridgehead atoms. The van der Waals surface area contributed by atoms with Crippen molar-refractivity contribution in [1.29, 1.82) is 0 Å². The number of hydrogen-bond donors (Lipinski definition) is 0. The first-order valence-electron chi connectivity index (χ1n) is 4.38. The Morgan fingerprint density at radius 2 is 1.00 bits per heavy atom. The molecule has 0 atom stereocenters. The van der Waals surface area contributed by atoms with Crippen molar-refractivity contribution in [2.45, 2.75) is 27.7 Å². The van der Waals surface area contributed by atoms with E-state index in [0.717, 1.165) is 12.2 Å². The molecule has 0 aliphatic rings. The van der Waals surface area contributed by atoms with Gasteiger partial charge in [0.25, 0.3) is 0 Å². The quantitative estimate of drug-likeness (QED) is 0.397. The Bertz CT molecular complexity index is 301. The molecule has 0 aromatic heterocycles. The van der Waals surface area contributed by atoms with Crippen LogP contribution in [0.1, 0.15) is 27.7 Å². The predicted molar refractivity (Wildman–Crippen MR) is 50.2 cm³/mol. The van der Waals surface area contributed by atoms with Crippen LogP contribution in [0.25, 0.3) is 0 Å². The molecule has 6 nitrogen and oxygen atoms in total. The monoisotopic (exact) mass is 468 g/mol. The SMILES string of the molecule is CC(=O)/C=C(/C)[O-].CC(=O)/C=C(/C)[O-].[O]=[U+2]=[O]. The van der Waals surface area contributed by atoms with Crippen molar-refractivity contribution < 1.29 is 52.1 Å². The molecule has 0 aromatic rings. The Morgan fingerprint density at radius 1 is 0.824 bits per heavy atom. The molecule has 0 amide bonds. The van der Waals surface area contributed by atoms with Crippen molar-refractivity contribution in [3.05, 3.63) is 23.7 Å². The summed E-state index contributed by atoms with van der Waals surface area (Å²) in [6.07, 6.45) is 2.11. The Balaban J connectivity index is -0.000000188. The topological polar surface area (TPSA) is 114 Å². The minimum atomic E-state index is -2.51. The second-order valence-electron chi connectivity index (χ2n) is 2.81. The van der Waals surface area contributed by atoms with Crippen molar-refractivity contribution >= 4 is 11.6 Å². The molecule has 0 N–H and O–H groups in total. The van der Waals surface area contributed by atoms with E-state index in [1.165, 1.54) is 27.7 Å². The second kappa shape index (κ2) is 15.1. The molecule has 0 saturated carbocycles. The van der Waals surface area contributed by atoms with Gasteiger partial charge in [-0.2, -0.15) is 0 Å². The summed E-state index contributed by atoms with van der Waals surface area (Å²) in [6, 6.07) is 0. The second-order valence-corrected chi connectivity index (χ2v) is 3.51. The van der Waals surface area contributed by atoms with Gasteiger partial charge < -0.3 is 10.2 Å². The van der Waals surface area contributed by atoms with E-state index >= 15 is 0 Å². The molecular formula is C10H14O6U. The van der Waals surface area contributed by atoms with Gasteiger partial charge in [-0.1, -0.05) is 13.8 Å². The average Bonchev–Trinajstić information content (AvgIpc) is 1.99. The molecule has 0 fully saturated rings. The van der Waals surface area contributed by atoms with Crippen molar-refractivity contribution in [2.24, 2.45) is 0 Å². The van der Waals surface area contributed by atoms with Crippen LogP contribution in [0, 0.1) is 27.8 Å². The van der Waals surface area contributed by atoms with Crippen molar-refractivity contribution in [3.63, 3.8) is 0 Å². The number of carbonyl (C=O) groups is 2. The van der Waals surface area contributed by atoms with Crippen LogP contribution in [0.4, 0.5) is 0 Å². The van der Waals surface area contributed by atoms with E-state index in [2.05, 4.69) is 0 Å². The molecular weight excluding hydrogens is 454 g/mol. The molecule has 0 spiro atoms. The fraction of sp³-hybridized carbons (Fsp3) is 0.400. The molecule has 0 saturated heterocycles. The molecule has 0 radical (unpaired) electrons. The van der Waals surface area contributed by atoms with E-state index in [1.807, 2.05) is 0 Å². The van der Waals surface area contributed by atoms with Crippen LogP contribution in [-0.2, 0) is 14.1 Å². The molecule has 0 heterocycles. The van der Waals surface area contributed by atoms with Gasteiger partial charge in [-0.15, -0.1) is 11.5 Å². The van der Waals surface area contributed by atoms with Crippen LogP contribution in [0.3, 0.4) is 0 Å². The van der Waals surface area contributed by atoms with Crippen LogP contribution in [0.5, 0.6) is 0 Å². The average molecular weight is 468 g/mol. The minimum absolute atomic E-state index is 0.187. The first-order valence-corrected chi connectivity index (χ1v) is 7.78. The maximum atomic E-state index is 9.98. The Morgan fingerprint density at radius 3 is 1.00 bits per heavy atom. The van der Waals surface area contributed by atoms with Gasteiger partial charge in [0.2, 0.25) is 0 Å². The molecule has 7 heteroatoms. The Labute approximate surface area is 115 Å². The fourth-order valence-electron chi connectivity index (χ4n) is 0.572. The zero-order valence-electron chi connectivity index (χ0n) is 10.1. The van der Waals surface area contributed by atoms with E-state index in [9.17, 15) is 19.8 Å². The van der Waals surface area contributed by atoms with E-state index < -0.39 is 27.8 Å². The molecule has 17 heavy (non-hydrogen) atoms. The van der Waals surface area contributed by atoms with Crippen LogP contribution in [0.15, 0.2) is 23.7 Å². The van der Waals surface area contributed by atoms with Gasteiger partial charge >= 0.3 is 32.3 Å². The molecule has 94 valence electrons. The summed E-state index contributed by atoms with van der Waals surface area (Å²) in [5.41, 5.74) is 0. The molecule has 0 aromatic carbocycles. The maximum absolute atomic E-state index is 9.98. The van der Waals surface area contributed by atoms with Crippen molar-refractivity contribution in [2.75, 3.05) is 0 Å². The van der Waals surface area contributed by atoms with Gasteiger partial charge in [0.15, 0.2) is 11.6 Å². The third-order valence-electron chi connectivity index (χ3n) is 0.813. The third kappa shape index (κ3) is 51.5. The van der Waals surface area contributed by atoms with Gasteiger partial charge in [0, 0.05) is 0 Å². The van der Waals surface area contributed by atoms with E-state index in [0.29, 0.717) is 0 Å². The first-order chi connectivity index (χ1) is 7.67. The Kier molecular flexibility index (Phi) is 18.9. The van der Waals surface area contributed by atoms with Crippen LogP contribution < -0.4 is 10.2 Å². The van der Waals surface area contributed by atoms with Crippen LogP contribution in [0.2, 0.25) is 0 Å². The Hall–Kier alpha value is -0.928. The summed E-state index contributed by atoms with van der Waals surface area (Å²) in [6.45, 7) is 5.39. The van der Waals surface area contributed by atoms with E-state index in [-0.39, 0.29) is 23.1 Å². The zero-order chi connectivity index (χ0) is 14.4. The van der Waals surface area contributed by atoms with Gasteiger partial charge in [0.1, 0.15) is 0 Å². The van der Waals surface area contributed by atoms with Crippen LogP contribution >= 0.6 is 0 Å². The fourth-order valence-corrected chi connectivity index (χ4v) is 0.572. The van der Waals surface area contributed by atoms with Gasteiger partial charge in [0.05, 0.1) is 0 Å². The van der Waals surface area contributed by atoms with Crippen molar-refractivity contribution in [1.82, 2.24) is 0 Å². The molecule has 0 rings (SSSR count). The predicted octanol–water partition coefficient (Wildman–Crippen LogP) is -0.559. The van der Waals surface area contributed by atoms with Gasteiger partial charge in [-0.3, -0.25) is 9.59 Å². The van der Waals surface area contributed by atoms with Crippen LogP contribution in [-0.4, -0.2) is 11.6 Å². The number of rotatable bonds is 2. The van der Waals surface area contributed by atoms with E-state index in [1.54, 1.807) is 0 Å². The third-order valence-corrected chi connectivity index (χ3v) is 0.813. The van der Waals surface area contributed by atoms with Gasteiger partial charge in [-0.05, 0) is 26.0 Å². The number of hydrogen-bond acceptors (Lipinski definition) is 6.